The molecule has 30 atom stereocenters. The van der Waals surface area contributed by atoms with Crippen molar-refractivity contribution < 1.29 is 129 Å². The molecular weight excluding hydrogens is 1110 g/mol. The molecule has 9 aliphatic rings. The number of hydrogen-bond donors (Lipinski definition) is 14. The molecule has 0 radical (unpaired) electrons. The van der Waals surface area contributed by atoms with Crippen LogP contribution in [-0.2, 0) is 57.0 Å². The minimum absolute atomic E-state index is 0.103. The number of carboxylic acid groups (broad SMARTS) is 1. The summed E-state index contributed by atoms with van der Waals surface area (Å²) in [5, 5.41) is 154. The third-order valence-corrected chi connectivity index (χ3v) is 22.1. The molecule has 0 aromatic carbocycles. The highest BCUT2D eigenvalue weighted by Crippen LogP contribution is 2.76. The molecule has 478 valence electrons. The Kier molecular flexibility index (Phi) is 18.9. The first-order valence-electron chi connectivity index (χ1n) is 29.4. The number of aliphatic carboxylic acids is 1. The second kappa shape index (κ2) is 24.2. The molecule has 8 fully saturated rings. The Hall–Kier alpha value is -2.75. The molecular formula is C58H90O26. The summed E-state index contributed by atoms with van der Waals surface area (Å²) in [5.74, 6) is -3.15. The van der Waals surface area contributed by atoms with Gasteiger partial charge in [0.25, 0.3) is 0 Å². The van der Waals surface area contributed by atoms with Gasteiger partial charge >= 0.3 is 11.9 Å². The molecule has 9 rings (SSSR count). The molecule has 14 N–H and O–H groups in total. The van der Waals surface area contributed by atoms with Gasteiger partial charge < -0.3 is 119 Å². The van der Waals surface area contributed by atoms with E-state index in [9.17, 15) is 85.9 Å². The number of carbonyl (C=O) groups is 3. The van der Waals surface area contributed by atoms with Gasteiger partial charge in [0.15, 0.2) is 31.3 Å². The van der Waals surface area contributed by atoms with Gasteiger partial charge in [-0.1, -0.05) is 59.3 Å². The fourth-order valence-corrected chi connectivity index (χ4v) is 16.9. The molecule has 0 spiro atoms. The molecule has 4 heterocycles. The van der Waals surface area contributed by atoms with Crippen molar-refractivity contribution in [2.24, 2.45) is 50.2 Å². The van der Waals surface area contributed by atoms with Crippen molar-refractivity contribution in [1.82, 2.24) is 0 Å². The van der Waals surface area contributed by atoms with Crippen molar-refractivity contribution in [3.05, 3.63) is 23.3 Å². The zero-order valence-corrected chi connectivity index (χ0v) is 48.8. The number of carboxylic acids is 1. The molecule has 0 aromatic heterocycles. The van der Waals surface area contributed by atoms with Gasteiger partial charge in [-0.05, 0) is 105 Å². The second-order valence-electron chi connectivity index (χ2n) is 27.1. The monoisotopic (exact) mass is 1200 g/mol. The Morgan fingerprint density at radius 3 is 1.81 bits per heavy atom. The topological polar surface area (TPSA) is 418 Å². The van der Waals surface area contributed by atoms with Crippen molar-refractivity contribution in [1.29, 1.82) is 0 Å². The van der Waals surface area contributed by atoms with Gasteiger partial charge in [0.1, 0.15) is 97.8 Å². The molecule has 84 heavy (non-hydrogen) atoms. The molecule has 4 saturated carbocycles. The van der Waals surface area contributed by atoms with Gasteiger partial charge in [0, 0.05) is 5.57 Å². The van der Waals surface area contributed by atoms with Crippen LogP contribution in [0.4, 0.5) is 0 Å². The lowest BCUT2D eigenvalue weighted by atomic mass is 9.33. The fourth-order valence-electron chi connectivity index (χ4n) is 16.9. The fraction of sp³-hybridized carbons (Fsp3) is 0.879. The maximum absolute atomic E-state index is 14.2. The van der Waals surface area contributed by atoms with Gasteiger partial charge in [0.2, 0.25) is 0 Å². The quantitative estimate of drug-likeness (QED) is 0.0272. The number of carbonyl (C=O) groups excluding carboxylic acids is 2. The van der Waals surface area contributed by atoms with Crippen molar-refractivity contribution in [3.63, 3.8) is 0 Å². The third-order valence-electron chi connectivity index (χ3n) is 22.1. The average molecular weight is 1200 g/mol. The Bertz CT molecular complexity index is 2440. The van der Waals surface area contributed by atoms with Crippen LogP contribution in [0.5, 0.6) is 0 Å². The molecule has 26 nitrogen and oxygen atoms in total. The molecule has 4 aliphatic heterocycles. The van der Waals surface area contributed by atoms with Crippen LogP contribution in [0.15, 0.2) is 23.3 Å². The highest BCUT2D eigenvalue weighted by atomic mass is 16.8. The van der Waals surface area contributed by atoms with Crippen molar-refractivity contribution in [2.45, 2.75) is 242 Å². The van der Waals surface area contributed by atoms with Crippen LogP contribution < -0.4 is 0 Å². The number of fused-ring (bicyclic) bond motifs is 7. The van der Waals surface area contributed by atoms with Crippen molar-refractivity contribution in [3.8, 4) is 0 Å². The van der Waals surface area contributed by atoms with E-state index in [0.717, 1.165) is 11.9 Å². The summed E-state index contributed by atoms with van der Waals surface area (Å²) in [4.78, 5) is 40.7. The summed E-state index contributed by atoms with van der Waals surface area (Å²) in [6.07, 6.45) is -32.0. The molecule has 0 aromatic rings. The number of ether oxygens (including phenoxy) is 9. The minimum atomic E-state index is -2.30. The van der Waals surface area contributed by atoms with Crippen LogP contribution in [0.3, 0.4) is 0 Å². The van der Waals surface area contributed by atoms with Crippen molar-refractivity contribution >= 4 is 18.2 Å². The van der Waals surface area contributed by atoms with Crippen LogP contribution in [0.1, 0.15) is 107 Å². The SMILES string of the molecule is C/C=C(\C)C(=O)O[C@H]1CC(C)(C)C[C@H]2C3=CC[C@@H]4[C@@]5(C)CC[C@H](O[C@@H]6O[C@H](C(=O)O)[C@@H](O)[C@H](O[C@@H]7OC[C@H](O)[C@H](O)[C@H]7O[C@@H]7O[C@H](CO)[C@@H](O)[C@H](O)[C@H]7O)[C@H]6O[C@@H]6O[C@H](CO)[C@H](O)[C@H](O)[C@H]6O)[C@@](C)(C=O)[C@@H]5CC[C@@]4(C)[C@]3(C)C[C@@H](O)[C@@]12CO. The van der Waals surface area contributed by atoms with Crippen molar-refractivity contribution in [2.75, 3.05) is 26.4 Å². The lowest BCUT2D eigenvalue weighted by Gasteiger charge is -2.72. The Morgan fingerprint density at radius 1 is 0.655 bits per heavy atom. The van der Waals surface area contributed by atoms with Gasteiger partial charge in [-0.25, -0.2) is 9.59 Å². The minimum Gasteiger partial charge on any atom is -0.479 e. The highest BCUT2D eigenvalue weighted by Gasteiger charge is 2.73. The summed E-state index contributed by atoms with van der Waals surface area (Å²) >= 11 is 0. The van der Waals surface area contributed by atoms with Gasteiger partial charge in [-0.15, -0.1) is 0 Å². The smallest absolute Gasteiger partial charge is 0.335 e. The number of esters is 1. The predicted molar refractivity (Wildman–Crippen MR) is 284 cm³/mol. The van der Waals surface area contributed by atoms with Gasteiger partial charge in [-0.3, -0.25) is 0 Å². The Morgan fingerprint density at radius 2 is 1.25 bits per heavy atom. The molecule has 0 amide bonds. The van der Waals surface area contributed by atoms with E-state index >= 15 is 0 Å². The standard InChI is InChI=1S/C58H90O26/c1-9-24(2)48(75)79-34-18-53(3,4)16-26-25-10-11-31-54(5)14-13-33(55(6,22-61)30(54)12-15-56(31,7)57(25,8)17-32(64)58(26,34)23-62)80-52-46(84-50-41(71)39(69)37(67)29(20-60)78-50)43(42(72)44(82-52)47(73)74)81-51-45(35(65)27(63)21-76-51)83-49-40(70)38(68)36(66)28(19-59)77-49/h9-10,22,26-46,49-52,59-60,62-72H,11-21,23H2,1-8H3,(H,73,74)/b24-9+/t26-,27-,28+,29+,30+,31+,32+,33-,34-,35-,36+,37-,38-,39-,40+,41+,42-,43-,44-,45+,46+,49-,50-,51-,52+,54-,55-,56+,57+,58-/m0/s1. The van der Waals surface area contributed by atoms with Crippen LogP contribution in [-0.4, -0.2) is 251 Å². The molecule has 5 aliphatic carbocycles. The number of allylic oxidation sites excluding steroid dienone is 3. The number of rotatable bonds is 15. The first-order chi connectivity index (χ1) is 39.4. The number of aliphatic hydroxyl groups is 13. The third kappa shape index (κ3) is 10.7. The summed E-state index contributed by atoms with van der Waals surface area (Å²) in [7, 11) is 0. The molecule has 4 saturated heterocycles. The maximum Gasteiger partial charge on any atom is 0.335 e. The first-order valence-corrected chi connectivity index (χ1v) is 29.4. The average Bonchev–Trinajstić information content (AvgIpc) is 0.764. The summed E-state index contributed by atoms with van der Waals surface area (Å²) in [6, 6.07) is 0. The first kappa shape index (κ1) is 65.7. The maximum atomic E-state index is 14.2. The van der Waals surface area contributed by atoms with E-state index in [1.165, 1.54) is 0 Å². The van der Waals surface area contributed by atoms with E-state index in [0.29, 0.717) is 44.1 Å². The largest absolute Gasteiger partial charge is 0.479 e. The van der Waals surface area contributed by atoms with E-state index in [1.807, 2.05) is 0 Å². The predicted octanol–water partition coefficient (Wildman–Crippen LogP) is -2.19. The Labute approximate surface area is 487 Å². The summed E-state index contributed by atoms with van der Waals surface area (Å²) < 4.78 is 54.6. The van der Waals surface area contributed by atoms with Gasteiger partial charge in [-0.2, -0.15) is 0 Å². The van der Waals surface area contributed by atoms with Crippen LogP contribution >= 0.6 is 0 Å². The Balaban J connectivity index is 1.05. The van der Waals surface area contributed by atoms with Gasteiger partial charge in [0.05, 0.1) is 49.5 Å². The van der Waals surface area contributed by atoms with Crippen LogP contribution in [0.25, 0.3) is 0 Å². The lowest BCUT2D eigenvalue weighted by molar-refractivity contribution is -0.400. The zero-order chi connectivity index (χ0) is 61.7. The molecule has 0 unspecified atom stereocenters. The normalized spacial score (nSPS) is 52.1. The van der Waals surface area contributed by atoms with Crippen LogP contribution in [0, 0.1) is 50.2 Å². The van der Waals surface area contributed by atoms with E-state index in [1.54, 1.807) is 26.8 Å². The molecule has 0 bridgehead atoms. The number of aldehydes is 1. The molecule has 26 heteroatoms. The van der Waals surface area contributed by atoms with E-state index in [-0.39, 0.29) is 30.1 Å². The summed E-state index contributed by atoms with van der Waals surface area (Å²) in [6.45, 7) is 13.1. The van der Waals surface area contributed by atoms with E-state index in [2.05, 4.69) is 40.7 Å². The van der Waals surface area contributed by atoms with Crippen LogP contribution in [0.2, 0.25) is 0 Å². The second-order valence-corrected chi connectivity index (χ2v) is 27.1. The lowest BCUT2D eigenvalue weighted by Crippen LogP contribution is -2.70. The number of aliphatic hydroxyl groups excluding tert-OH is 13. The van der Waals surface area contributed by atoms with E-state index in [4.69, 9.17) is 42.6 Å². The summed E-state index contributed by atoms with van der Waals surface area (Å²) in [5.41, 5.74) is -3.14. The number of hydrogen-bond acceptors (Lipinski definition) is 25. The van der Waals surface area contributed by atoms with E-state index < -0.39 is 206 Å². The highest BCUT2D eigenvalue weighted by molar-refractivity contribution is 5.87. The zero-order valence-electron chi connectivity index (χ0n) is 48.8.